The Bertz CT molecular complexity index is 1300. The molecule has 2 aromatic carbocycles. The van der Waals surface area contributed by atoms with Crippen LogP contribution in [0, 0.1) is 6.92 Å². The van der Waals surface area contributed by atoms with Crippen molar-refractivity contribution in [2.24, 2.45) is 0 Å². The molecule has 0 saturated carbocycles. The number of benzene rings is 2. The molecule has 8 heteroatoms. The number of hydrogen-bond donors (Lipinski definition) is 1. The molecule has 0 aliphatic carbocycles. The van der Waals surface area contributed by atoms with E-state index < -0.39 is 0 Å². The van der Waals surface area contributed by atoms with Gasteiger partial charge in [-0.25, -0.2) is 4.98 Å². The van der Waals surface area contributed by atoms with Gasteiger partial charge in [-0.1, -0.05) is 55.3 Å². The average Bonchev–Trinajstić information content (AvgIpc) is 3.22. The zero-order valence-electron chi connectivity index (χ0n) is 18.0. The molecule has 32 heavy (non-hydrogen) atoms. The SMILES string of the molecule is CCCCc1c(C)nc2nc(N(Cc3ccc(Cl)cc3)C(=O)c3ccccc3)[nH]n2c1=O. The number of hydrogen-bond acceptors (Lipinski definition) is 4. The lowest BCUT2D eigenvalue weighted by Gasteiger charge is -2.20. The molecule has 0 bridgehead atoms. The third kappa shape index (κ3) is 4.43. The summed E-state index contributed by atoms with van der Waals surface area (Å²) in [5.74, 6) is 0.255. The van der Waals surface area contributed by atoms with Gasteiger partial charge in [0.1, 0.15) is 0 Å². The van der Waals surface area contributed by atoms with Crippen LogP contribution in [0.4, 0.5) is 5.95 Å². The smallest absolute Gasteiger partial charge is 0.272 e. The van der Waals surface area contributed by atoms with Gasteiger partial charge in [-0.3, -0.25) is 19.6 Å². The quantitative estimate of drug-likeness (QED) is 0.448. The fourth-order valence-electron chi connectivity index (χ4n) is 3.56. The van der Waals surface area contributed by atoms with E-state index in [1.807, 2.05) is 37.3 Å². The Kier molecular flexibility index (Phi) is 6.37. The van der Waals surface area contributed by atoms with Crippen LogP contribution in [0.15, 0.2) is 59.4 Å². The number of aryl methyl sites for hydroxylation is 1. The molecule has 1 N–H and O–H groups in total. The molecular weight excluding hydrogens is 426 g/mol. The molecule has 164 valence electrons. The highest BCUT2D eigenvalue weighted by atomic mass is 35.5. The Labute approximate surface area is 190 Å². The zero-order chi connectivity index (χ0) is 22.7. The van der Waals surface area contributed by atoms with Crippen LogP contribution in [0.1, 0.15) is 46.9 Å². The number of fused-ring (bicyclic) bond motifs is 1. The summed E-state index contributed by atoms with van der Waals surface area (Å²) in [7, 11) is 0. The molecule has 0 radical (unpaired) electrons. The number of rotatable bonds is 7. The standard InChI is InChI=1S/C24H24ClN5O2/c1-3-4-10-20-16(2)26-23-27-24(28-30(23)22(20)32)29(15-17-11-13-19(25)14-12-17)21(31)18-8-6-5-7-9-18/h5-9,11-14H,3-4,10,15H2,1-2H3,(H,26,27,28). The number of aromatic amines is 1. The molecule has 0 fully saturated rings. The Balaban J connectivity index is 1.79. The number of H-pyrrole nitrogens is 1. The minimum Gasteiger partial charge on any atom is -0.272 e. The van der Waals surface area contributed by atoms with Gasteiger partial charge in [0.05, 0.1) is 12.2 Å². The fraction of sp³-hybridized carbons (Fsp3) is 0.250. The van der Waals surface area contributed by atoms with Gasteiger partial charge in [-0.05, 0) is 49.6 Å². The molecule has 0 atom stereocenters. The van der Waals surface area contributed by atoms with Crippen molar-refractivity contribution in [3.63, 3.8) is 0 Å². The van der Waals surface area contributed by atoms with E-state index in [4.69, 9.17) is 11.6 Å². The van der Waals surface area contributed by atoms with Crippen LogP contribution in [-0.2, 0) is 13.0 Å². The minimum atomic E-state index is -0.240. The number of carbonyl (C=O) groups excluding carboxylic acids is 1. The number of unbranched alkanes of at least 4 members (excludes halogenated alkanes) is 1. The summed E-state index contributed by atoms with van der Waals surface area (Å²) < 4.78 is 1.32. The molecule has 0 aliphatic rings. The van der Waals surface area contributed by atoms with Gasteiger partial charge in [-0.15, -0.1) is 0 Å². The van der Waals surface area contributed by atoms with E-state index >= 15 is 0 Å². The van der Waals surface area contributed by atoms with Crippen molar-refractivity contribution in [3.05, 3.63) is 92.4 Å². The van der Waals surface area contributed by atoms with Crippen LogP contribution < -0.4 is 10.5 Å². The van der Waals surface area contributed by atoms with E-state index in [1.165, 1.54) is 9.42 Å². The number of carbonyl (C=O) groups is 1. The van der Waals surface area contributed by atoms with Crippen LogP contribution in [0.3, 0.4) is 0 Å². The molecule has 1 amide bonds. The van der Waals surface area contributed by atoms with Gasteiger partial charge < -0.3 is 0 Å². The first-order valence-electron chi connectivity index (χ1n) is 10.6. The van der Waals surface area contributed by atoms with Gasteiger partial charge >= 0.3 is 0 Å². The van der Waals surface area contributed by atoms with Gasteiger partial charge in [0.2, 0.25) is 5.95 Å². The average molecular weight is 450 g/mol. The van der Waals surface area contributed by atoms with Crippen molar-refractivity contribution in [1.29, 1.82) is 0 Å². The summed E-state index contributed by atoms with van der Waals surface area (Å²) in [6.07, 6.45) is 2.54. The molecule has 2 heterocycles. The van der Waals surface area contributed by atoms with Gasteiger partial charge in [0.25, 0.3) is 17.2 Å². The van der Waals surface area contributed by atoms with Crippen molar-refractivity contribution in [1.82, 2.24) is 19.6 Å². The van der Waals surface area contributed by atoms with E-state index in [0.29, 0.717) is 28.3 Å². The molecule has 4 rings (SSSR count). The van der Waals surface area contributed by atoms with E-state index in [0.717, 1.165) is 18.4 Å². The maximum atomic E-state index is 13.4. The number of nitrogens with zero attached hydrogens (tertiary/aromatic N) is 4. The summed E-state index contributed by atoms with van der Waals surface area (Å²) in [5.41, 5.74) is 2.54. The van der Waals surface area contributed by atoms with Crippen LogP contribution >= 0.6 is 11.6 Å². The van der Waals surface area contributed by atoms with Crippen LogP contribution in [0.5, 0.6) is 0 Å². The highest BCUT2D eigenvalue weighted by Gasteiger charge is 2.23. The van der Waals surface area contributed by atoms with E-state index in [2.05, 4.69) is 22.0 Å². The van der Waals surface area contributed by atoms with Crippen molar-refractivity contribution < 1.29 is 4.79 Å². The summed E-state index contributed by atoms with van der Waals surface area (Å²) in [4.78, 5) is 37.0. The Morgan fingerprint density at radius 2 is 1.81 bits per heavy atom. The summed E-state index contributed by atoms with van der Waals surface area (Å²) >= 11 is 6.01. The Hall–Kier alpha value is -3.45. The van der Waals surface area contributed by atoms with Crippen molar-refractivity contribution in [2.75, 3.05) is 4.90 Å². The zero-order valence-corrected chi connectivity index (χ0v) is 18.8. The molecule has 0 unspecified atom stereocenters. The molecular formula is C24H24ClN5O2. The second kappa shape index (κ2) is 9.36. The third-order valence-electron chi connectivity index (χ3n) is 5.34. The van der Waals surface area contributed by atoms with Crippen LogP contribution in [0.2, 0.25) is 5.02 Å². The maximum absolute atomic E-state index is 13.4. The number of halogens is 1. The van der Waals surface area contributed by atoms with E-state index in [1.54, 1.807) is 24.3 Å². The third-order valence-corrected chi connectivity index (χ3v) is 5.59. The second-order valence-corrected chi connectivity index (χ2v) is 8.09. The summed E-state index contributed by atoms with van der Waals surface area (Å²) in [5, 5.41) is 3.61. The first-order chi connectivity index (χ1) is 15.5. The van der Waals surface area contributed by atoms with Crippen LogP contribution in [0.25, 0.3) is 5.78 Å². The van der Waals surface area contributed by atoms with Crippen molar-refractivity contribution >= 4 is 29.2 Å². The minimum absolute atomic E-state index is 0.182. The molecule has 7 nitrogen and oxygen atoms in total. The van der Waals surface area contributed by atoms with Crippen molar-refractivity contribution in [3.8, 4) is 0 Å². The van der Waals surface area contributed by atoms with E-state index in [9.17, 15) is 9.59 Å². The van der Waals surface area contributed by atoms with Gasteiger partial charge in [0, 0.05) is 16.1 Å². The first kappa shape index (κ1) is 21.8. The molecule has 4 aromatic rings. The van der Waals surface area contributed by atoms with E-state index in [-0.39, 0.29) is 29.7 Å². The number of anilines is 1. The molecule has 0 spiro atoms. The topological polar surface area (TPSA) is 83.4 Å². The molecule has 2 aromatic heterocycles. The van der Waals surface area contributed by atoms with Crippen LogP contribution in [-0.4, -0.2) is 25.5 Å². The number of amides is 1. The predicted molar refractivity (Wildman–Crippen MR) is 125 cm³/mol. The highest BCUT2D eigenvalue weighted by Crippen LogP contribution is 2.19. The molecule has 0 aliphatic heterocycles. The number of aromatic nitrogens is 4. The molecule has 0 saturated heterocycles. The maximum Gasteiger partial charge on any atom is 0.277 e. The normalized spacial score (nSPS) is 11.1. The summed E-state index contributed by atoms with van der Waals surface area (Å²) in [6, 6.07) is 16.2. The lowest BCUT2D eigenvalue weighted by atomic mass is 10.1. The second-order valence-electron chi connectivity index (χ2n) is 7.65. The largest absolute Gasteiger partial charge is 0.277 e. The lowest BCUT2D eigenvalue weighted by Crippen LogP contribution is -2.31. The lowest BCUT2D eigenvalue weighted by molar-refractivity contribution is 0.0983. The van der Waals surface area contributed by atoms with Gasteiger partial charge in [0.15, 0.2) is 0 Å². The van der Waals surface area contributed by atoms with Crippen molar-refractivity contribution in [2.45, 2.75) is 39.7 Å². The Morgan fingerprint density at radius 3 is 2.50 bits per heavy atom. The highest BCUT2D eigenvalue weighted by molar-refractivity contribution is 6.30. The summed E-state index contributed by atoms with van der Waals surface area (Å²) in [6.45, 7) is 4.15. The fourth-order valence-corrected chi connectivity index (χ4v) is 3.68. The monoisotopic (exact) mass is 449 g/mol. The first-order valence-corrected chi connectivity index (χ1v) is 11.0. The number of nitrogens with one attached hydrogen (secondary N) is 1. The Morgan fingerprint density at radius 1 is 1.09 bits per heavy atom. The van der Waals surface area contributed by atoms with Gasteiger partial charge in [-0.2, -0.15) is 9.50 Å². The predicted octanol–water partition coefficient (Wildman–Crippen LogP) is 4.57.